The number of aliphatic carboxylic acids is 2. The number of carbonyl (C=O) groups is 2. The Labute approximate surface area is 53.4 Å². The number of halogens is 2. The van der Waals surface area contributed by atoms with Gasteiger partial charge in [0.15, 0.2) is 0 Å². The molecule has 2 N–H and O–H groups in total. The summed E-state index contributed by atoms with van der Waals surface area (Å²) in [6.45, 7) is 0. The van der Waals surface area contributed by atoms with Crippen LogP contribution in [0, 0.1) is 0 Å². The summed E-state index contributed by atoms with van der Waals surface area (Å²) in [5, 5.41) is 15.3. The van der Waals surface area contributed by atoms with E-state index in [-0.39, 0.29) is 0 Å². The number of rotatable bonds is 2. The maximum absolute atomic E-state index is 11.7. The number of carboxylic acid groups (broad SMARTS) is 2. The Morgan fingerprint density at radius 2 is 1.10 bits per heavy atom. The molecule has 0 atom stereocenters. The topological polar surface area (TPSA) is 74.6 Å². The Kier molecular flexibility index (Phi) is 2.48. The molecule has 0 aliphatic carbocycles. The largest absolute Gasteiger partial charge is 0.476 e. The van der Waals surface area contributed by atoms with Gasteiger partial charge in [0.1, 0.15) is 0 Å². The van der Waals surface area contributed by atoms with E-state index in [1.165, 1.54) is 0 Å². The normalized spacial score (nSPS) is 12.2. The van der Waals surface area contributed by atoms with Crippen molar-refractivity contribution in [2.45, 2.75) is 0 Å². The highest BCUT2D eigenvalue weighted by molar-refractivity contribution is 5.95. The molecule has 0 heterocycles. The van der Waals surface area contributed by atoms with E-state index >= 15 is 0 Å². The molecule has 0 amide bonds. The second-order valence-electron chi connectivity index (χ2n) is 1.24. The minimum Gasteiger partial charge on any atom is -0.476 e. The van der Waals surface area contributed by atoms with Crippen LogP contribution in [-0.2, 0) is 9.59 Å². The Hall–Kier alpha value is -1.46. The second-order valence-corrected chi connectivity index (χ2v) is 1.24. The third-order valence-corrected chi connectivity index (χ3v) is 0.568. The smallest absolute Gasteiger partial charge is 0.368 e. The maximum atomic E-state index is 11.7. The summed E-state index contributed by atoms with van der Waals surface area (Å²) in [5.74, 6) is -9.07. The first-order valence-electron chi connectivity index (χ1n) is 1.98. The van der Waals surface area contributed by atoms with Gasteiger partial charge >= 0.3 is 11.9 Å². The van der Waals surface area contributed by atoms with Crippen LogP contribution in [0.15, 0.2) is 11.7 Å². The van der Waals surface area contributed by atoms with Crippen molar-refractivity contribution in [1.82, 2.24) is 0 Å². The van der Waals surface area contributed by atoms with Gasteiger partial charge in [-0.15, -0.1) is 0 Å². The molecule has 0 unspecified atom stereocenters. The highest BCUT2D eigenvalue weighted by atomic mass is 19.2. The van der Waals surface area contributed by atoms with Crippen molar-refractivity contribution in [3.05, 3.63) is 11.7 Å². The minimum atomic E-state index is -2.30. The standard InChI is InChI=1S/C4H2F2O4/c5-1(3(7)8)2(6)4(9)10/h(H,7,8)(H,9,10). The maximum Gasteiger partial charge on any atom is 0.368 e. The predicted octanol–water partition coefficient (Wildman–Crippen LogP) is 0.306. The molecule has 0 saturated heterocycles. The molecule has 0 saturated carbocycles. The van der Waals surface area contributed by atoms with E-state index < -0.39 is 23.6 Å². The lowest BCUT2D eigenvalue weighted by molar-refractivity contribution is -0.138. The van der Waals surface area contributed by atoms with Gasteiger partial charge in [0.25, 0.3) is 11.7 Å². The molecule has 0 spiro atoms. The predicted molar refractivity (Wildman–Crippen MR) is 24.5 cm³/mol. The molecule has 0 rings (SSSR count). The molecule has 0 aromatic carbocycles. The van der Waals surface area contributed by atoms with Crippen molar-refractivity contribution < 1.29 is 28.6 Å². The lowest BCUT2D eigenvalue weighted by Crippen LogP contribution is -2.04. The average molecular weight is 152 g/mol. The van der Waals surface area contributed by atoms with Crippen molar-refractivity contribution in [1.29, 1.82) is 0 Å². The van der Waals surface area contributed by atoms with Crippen molar-refractivity contribution in [3.63, 3.8) is 0 Å². The zero-order valence-electron chi connectivity index (χ0n) is 4.47. The first kappa shape index (κ1) is 8.54. The molecule has 0 fully saturated rings. The third kappa shape index (κ3) is 1.81. The monoisotopic (exact) mass is 152 g/mol. The van der Waals surface area contributed by atoms with Gasteiger partial charge in [0.2, 0.25) is 0 Å². The van der Waals surface area contributed by atoms with E-state index in [9.17, 15) is 18.4 Å². The van der Waals surface area contributed by atoms with Crippen molar-refractivity contribution in [2.75, 3.05) is 0 Å². The van der Waals surface area contributed by atoms with Crippen LogP contribution in [0.25, 0.3) is 0 Å². The van der Waals surface area contributed by atoms with Gasteiger partial charge in [-0.2, -0.15) is 8.78 Å². The van der Waals surface area contributed by atoms with Gasteiger partial charge in [-0.05, 0) is 0 Å². The Bertz CT molecular complexity index is 185. The van der Waals surface area contributed by atoms with Gasteiger partial charge in [0, 0.05) is 0 Å². The molecular weight excluding hydrogens is 150 g/mol. The lowest BCUT2D eigenvalue weighted by Gasteiger charge is -1.87. The highest BCUT2D eigenvalue weighted by Crippen LogP contribution is 2.07. The summed E-state index contributed by atoms with van der Waals surface area (Å²) in [6, 6.07) is 0. The van der Waals surface area contributed by atoms with Crippen LogP contribution in [0.1, 0.15) is 0 Å². The van der Waals surface area contributed by atoms with Crippen LogP contribution in [0.2, 0.25) is 0 Å². The van der Waals surface area contributed by atoms with E-state index in [1.807, 2.05) is 0 Å². The average Bonchev–Trinajstić information content (AvgIpc) is 1.84. The fourth-order valence-corrected chi connectivity index (χ4v) is 0.188. The van der Waals surface area contributed by atoms with Gasteiger partial charge in [-0.1, -0.05) is 0 Å². The Morgan fingerprint density at radius 1 is 0.900 bits per heavy atom. The molecule has 0 bridgehead atoms. The third-order valence-electron chi connectivity index (χ3n) is 0.568. The summed E-state index contributed by atoms with van der Waals surface area (Å²) in [6.07, 6.45) is 0. The molecule has 0 aromatic rings. The fraction of sp³-hybridized carbons (Fsp3) is 0. The van der Waals surface area contributed by atoms with Crippen LogP contribution >= 0.6 is 0 Å². The van der Waals surface area contributed by atoms with Crippen molar-refractivity contribution in [2.24, 2.45) is 0 Å². The molecule has 0 aromatic heterocycles. The molecule has 0 aliphatic heterocycles. The quantitative estimate of drug-likeness (QED) is 0.558. The van der Waals surface area contributed by atoms with Crippen molar-refractivity contribution >= 4 is 11.9 Å². The summed E-state index contributed by atoms with van der Waals surface area (Å²) < 4.78 is 23.4. The zero-order chi connectivity index (χ0) is 8.31. The van der Waals surface area contributed by atoms with Crippen LogP contribution in [0.5, 0.6) is 0 Å². The number of hydrogen-bond acceptors (Lipinski definition) is 2. The van der Waals surface area contributed by atoms with E-state index in [0.29, 0.717) is 0 Å². The molecule has 0 aliphatic rings. The van der Waals surface area contributed by atoms with Crippen molar-refractivity contribution in [3.8, 4) is 0 Å². The molecule has 56 valence electrons. The van der Waals surface area contributed by atoms with Crippen LogP contribution in [-0.4, -0.2) is 22.2 Å². The summed E-state index contributed by atoms with van der Waals surface area (Å²) in [4.78, 5) is 19.0. The SMILES string of the molecule is O=C(O)C(F)=C(F)C(=O)O. The number of hydrogen-bond donors (Lipinski definition) is 2. The van der Waals surface area contributed by atoms with E-state index in [2.05, 4.69) is 0 Å². The first-order chi connectivity index (χ1) is 4.46. The van der Waals surface area contributed by atoms with E-state index in [4.69, 9.17) is 10.2 Å². The molecule has 4 nitrogen and oxygen atoms in total. The lowest BCUT2D eigenvalue weighted by atomic mass is 10.4. The van der Waals surface area contributed by atoms with Gasteiger partial charge < -0.3 is 10.2 Å². The first-order valence-corrected chi connectivity index (χ1v) is 1.98. The number of carboxylic acids is 2. The zero-order valence-corrected chi connectivity index (χ0v) is 4.47. The second kappa shape index (κ2) is 2.90. The highest BCUT2D eigenvalue weighted by Gasteiger charge is 2.19. The van der Waals surface area contributed by atoms with Crippen LogP contribution < -0.4 is 0 Å². The van der Waals surface area contributed by atoms with Gasteiger partial charge in [-0.25, -0.2) is 9.59 Å². The molecular formula is C4H2F2O4. The molecule has 6 heteroatoms. The summed E-state index contributed by atoms with van der Waals surface area (Å²) >= 11 is 0. The van der Waals surface area contributed by atoms with Crippen LogP contribution in [0.3, 0.4) is 0 Å². The Morgan fingerprint density at radius 3 is 1.20 bits per heavy atom. The summed E-state index contributed by atoms with van der Waals surface area (Å²) in [5.41, 5.74) is 0. The van der Waals surface area contributed by atoms with Gasteiger partial charge in [0.05, 0.1) is 0 Å². The van der Waals surface area contributed by atoms with Crippen LogP contribution in [0.4, 0.5) is 8.78 Å². The Balaban J connectivity index is 4.67. The van der Waals surface area contributed by atoms with E-state index in [1.54, 1.807) is 0 Å². The van der Waals surface area contributed by atoms with E-state index in [0.717, 1.165) is 0 Å². The molecule has 10 heavy (non-hydrogen) atoms. The molecule has 0 radical (unpaired) electrons. The van der Waals surface area contributed by atoms with Gasteiger partial charge in [-0.3, -0.25) is 0 Å². The minimum absolute atomic E-state index is 2.24. The fourth-order valence-electron chi connectivity index (χ4n) is 0.188. The summed E-state index contributed by atoms with van der Waals surface area (Å²) in [7, 11) is 0.